The van der Waals surface area contributed by atoms with Gasteiger partial charge in [-0.2, -0.15) is 5.26 Å². The standard InChI is InChI=1S/C17H13N5OS/c1-11-16(24-17(21-11)14-4-3-7-19-10-14)12(2)22-23-15-6-5-13(8-18)9-20-15/h3-7,9-10H,1-2H3. The van der Waals surface area contributed by atoms with Crippen LogP contribution in [-0.2, 0) is 0 Å². The smallest absolute Gasteiger partial charge is 0.248 e. The molecule has 6 nitrogen and oxygen atoms in total. The van der Waals surface area contributed by atoms with Gasteiger partial charge in [-0.25, -0.2) is 9.97 Å². The van der Waals surface area contributed by atoms with Crippen LogP contribution >= 0.6 is 11.3 Å². The van der Waals surface area contributed by atoms with Crippen LogP contribution in [0.5, 0.6) is 5.88 Å². The summed E-state index contributed by atoms with van der Waals surface area (Å²) < 4.78 is 0. The maximum atomic E-state index is 8.75. The molecule has 0 unspecified atom stereocenters. The lowest BCUT2D eigenvalue weighted by Crippen LogP contribution is -1.98. The van der Waals surface area contributed by atoms with Gasteiger partial charge in [0.05, 0.1) is 21.8 Å². The van der Waals surface area contributed by atoms with Crippen LogP contribution in [0.4, 0.5) is 0 Å². The van der Waals surface area contributed by atoms with Crippen molar-refractivity contribution in [2.24, 2.45) is 5.16 Å². The minimum atomic E-state index is 0.336. The Bertz CT molecular complexity index is 910. The quantitative estimate of drug-likeness (QED) is 0.537. The Hall–Kier alpha value is -3.11. The second kappa shape index (κ2) is 6.98. The number of rotatable bonds is 4. The van der Waals surface area contributed by atoms with Gasteiger partial charge in [0.1, 0.15) is 11.1 Å². The van der Waals surface area contributed by atoms with E-state index in [0.29, 0.717) is 17.2 Å². The molecule has 3 aromatic rings. The SMILES string of the molecule is CC(=NOc1ccc(C#N)cn1)c1sc(-c2cccnc2)nc1C. The first-order valence-electron chi connectivity index (χ1n) is 7.13. The Balaban J connectivity index is 1.80. The number of nitriles is 1. The van der Waals surface area contributed by atoms with Gasteiger partial charge in [-0.1, -0.05) is 5.16 Å². The van der Waals surface area contributed by atoms with Crippen molar-refractivity contribution >= 4 is 17.0 Å². The highest BCUT2D eigenvalue weighted by molar-refractivity contribution is 7.17. The van der Waals surface area contributed by atoms with Crippen LogP contribution in [0.1, 0.15) is 23.1 Å². The number of aryl methyl sites for hydroxylation is 1. The molecule has 0 fully saturated rings. The van der Waals surface area contributed by atoms with Crippen molar-refractivity contribution in [1.82, 2.24) is 15.0 Å². The summed E-state index contributed by atoms with van der Waals surface area (Å²) in [6.45, 7) is 3.79. The molecule has 0 aromatic carbocycles. The van der Waals surface area contributed by atoms with E-state index in [1.807, 2.05) is 32.0 Å². The molecule has 24 heavy (non-hydrogen) atoms. The van der Waals surface area contributed by atoms with E-state index >= 15 is 0 Å². The van der Waals surface area contributed by atoms with E-state index in [0.717, 1.165) is 21.1 Å². The van der Waals surface area contributed by atoms with Crippen LogP contribution in [0.2, 0.25) is 0 Å². The minimum absolute atomic E-state index is 0.336. The molecule has 118 valence electrons. The lowest BCUT2D eigenvalue weighted by atomic mass is 10.3. The molecule has 0 aliphatic heterocycles. The highest BCUT2D eigenvalue weighted by Gasteiger charge is 2.12. The number of oxime groups is 1. The predicted molar refractivity (Wildman–Crippen MR) is 91.9 cm³/mol. The van der Waals surface area contributed by atoms with Crippen LogP contribution in [0.15, 0.2) is 48.0 Å². The van der Waals surface area contributed by atoms with Gasteiger partial charge in [0.25, 0.3) is 0 Å². The Kier molecular flexibility index (Phi) is 4.59. The molecule has 0 saturated carbocycles. The Morgan fingerprint density at radius 1 is 1.29 bits per heavy atom. The molecule has 0 saturated heterocycles. The molecule has 3 aromatic heterocycles. The van der Waals surface area contributed by atoms with Crippen molar-refractivity contribution < 1.29 is 4.84 Å². The lowest BCUT2D eigenvalue weighted by molar-refractivity contribution is 0.327. The Morgan fingerprint density at radius 3 is 2.83 bits per heavy atom. The van der Waals surface area contributed by atoms with Crippen molar-refractivity contribution in [2.45, 2.75) is 13.8 Å². The third-order valence-electron chi connectivity index (χ3n) is 3.18. The van der Waals surface area contributed by atoms with Crippen LogP contribution in [-0.4, -0.2) is 20.7 Å². The fourth-order valence-electron chi connectivity index (χ4n) is 2.00. The molecule has 0 aliphatic rings. The normalized spacial score (nSPS) is 11.1. The van der Waals surface area contributed by atoms with E-state index in [9.17, 15) is 0 Å². The van der Waals surface area contributed by atoms with Crippen LogP contribution in [0, 0.1) is 18.3 Å². The van der Waals surface area contributed by atoms with Gasteiger partial charge in [-0.05, 0) is 32.0 Å². The summed E-state index contributed by atoms with van der Waals surface area (Å²) in [5.41, 5.74) is 3.05. The maximum Gasteiger partial charge on any atom is 0.248 e. The Labute approximate surface area is 143 Å². The van der Waals surface area contributed by atoms with E-state index < -0.39 is 0 Å². The number of pyridine rings is 2. The molecule has 0 bridgehead atoms. The van der Waals surface area contributed by atoms with Crippen molar-refractivity contribution in [1.29, 1.82) is 5.26 Å². The number of hydrogen-bond acceptors (Lipinski definition) is 7. The summed E-state index contributed by atoms with van der Waals surface area (Å²) in [4.78, 5) is 19.0. The average Bonchev–Trinajstić information content (AvgIpc) is 3.03. The number of hydrogen-bond donors (Lipinski definition) is 0. The van der Waals surface area contributed by atoms with E-state index in [1.54, 1.807) is 24.5 Å². The fraction of sp³-hybridized carbons (Fsp3) is 0.118. The maximum absolute atomic E-state index is 8.75. The van der Waals surface area contributed by atoms with E-state index in [-0.39, 0.29) is 0 Å². The first-order valence-corrected chi connectivity index (χ1v) is 7.95. The average molecular weight is 335 g/mol. The van der Waals surface area contributed by atoms with Gasteiger partial charge in [0.15, 0.2) is 0 Å². The summed E-state index contributed by atoms with van der Waals surface area (Å²) in [5, 5.41) is 13.8. The highest BCUT2D eigenvalue weighted by atomic mass is 32.1. The van der Waals surface area contributed by atoms with E-state index in [1.165, 1.54) is 17.5 Å². The van der Waals surface area contributed by atoms with Gasteiger partial charge < -0.3 is 4.84 Å². The Morgan fingerprint density at radius 2 is 2.17 bits per heavy atom. The number of thiazole rings is 1. The number of nitrogens with zero attached hydrogens (tertiary/aromatic N) is 5. The van der Waals surface area contributed by atoms with Crippen LogP contribution in [0.3, 0.4) is 0 Å². The molecule has 3 rings (SSSR count). The van der Waals surface area contributed by atoms with Gasteiger partial charge in [0, 0.05) is 30.2 Å². The van der Waals surface area contributed by atoms with Crippen LogP contribution < -0.4 is 4.84 Å². The third kappa shape index (κ3) is 3.45. The molecule has 0 atom stereocenters. The third-order valence-corrected chi connectivity index (χ3v) is 4.49. The molecule has 0 spiro atoms. The second-order valence-corrected chi connectivity index (χ2v) is 5.94. The first-order chi connectivity index (χ1) is 11.7. The zero-order valence-corrected chi connectivity index (χ0v) is 13.9. The second-order valence-electron chi connectivity index (χ2n) is 4.94. The van der Waals surface area contributed by atoms with Crippen molar-refractivity contribution in [3.8, 4) is 22.5 Å². The summed E-state index contributed by atoms with van der Waals surface area (Å²) in [5.74, 6) is 0.336. The van der Waals surface area contributed by atoms with Crippen molar-refractivity contribution in [3.05, 3.63) is 59.0 Å². The zero-order valence-electron chi connectivity index (χ0n) is 13.1. The molecule has 0 radical (unpaired) electrons. The molecule has 7 heteroatoms. The molecule has 0 aliphatic carbocycles. The predicted octanol–water partition coefficient (Wildman–Crippen LogP) is 3.58. The first kappa shape index (κ1) is 15.8. The van der Waals surface area contributed by atoms with Crippen molar-refractivity contribution in [3.63, 3.8) is 0 Å². The summed E-state index contributed by atoms with van der Waals surface area (Å²) in [6.07, 6.45) is 4.96. The highest BCUT2D eigenvalue weighted by Crippen LogP contribution is 2.27. The fourth-order valence-corrected chi connectivity index (χ4v) is 2.99. The van der Waals surface area contributed by atoms with Gasteiger partial charge in [-0.3, -0.25) is 4.98 Å². The monoisotopic (exact) mass is 335 g/mol. The van der Waals surface area contributed by atoms with E-state index in [4.69, 9.17) is 10.1 Å². The van der Waals surface area contributed by atoms with Gasteiger partial charge >= 0.3 is 0 Å². The molecular weight excluding hydrogens is 322 g/mol. The lowest BCUT2D eigenvalue weighted by Gasteiger charge is -1.99. The van der Waals surface area contributed by atoms with Gasteiger partial charge in [-0.15, -0.1) is 11.3 Å². The summed E-state index contributed by atoms with van der Waals surface area (Å²) in [7, 11) is 0. The van der Waals surface area contributed by atoms with Crippen molar-refractivity contribution in [2.75, 3.05) is 0 Å². The minimum Gasteiger partial charge on any atom is -0.336 e. The number of aromatic nitrogens is 3. The zero-order chi connectivity index (χ0) is 16.9. The van der Waals surface area contributed by atoms with Crippen LogP contribution in [0.25, 0.3) is 10.6 Å². The molecule has 0 N–H and O–H groups in total. The molecular formula is C17H13N5OS. The summed E-state index contributed by atoms with van der Waals surface area (Å²) in [6, 6.07) is 9.10. The molecule has 0 amide bonds. The molecule has 3 heterocycles. The topological polar surface area (TPSA) is 84.0 Å². The largest absolute Gasteiger partial charge is 0.336 e. The van der Waals surface area contributed by atoms with E-state index in [2.05, 4.69) is 20.1 Å². The van der Waals surface area contributed by atoms with Gasteiger partial charge in [0.2, 0.25) is 5.88 Å². The summed E-state index contributed by atoms with van der Waals surface area (Å²) >= 11 is 1.54.